The average Bonchev–Trinajstić information content (AvgIpc) is 2.32. The first-order valence-corrected chi connectivity index (χ1v) is 7.37. The molecule has 0 radical (unpaired) electrons. The third-order valence-electron chi connectivity index (χ3n) is 2.80. The van der Waals surface area contributed by atoms with Crippen LogP contribution in [0.25, 0.3) is 11.1 Å². The van der Waals surface area contributed by atoms with Crippen molar-refractivity contribution in [2.24, 2.45) is 0 Å². The van der Waals surface area contributed by atoms with E-state index in [0.29, 0.717) is 0 Å². The quantitative estimate of drug-likeness (QED) is 0.905. The van der Waals surface area contributed by atoms with Gasteiger partial charge in [0.2, 0.25) is 0 Å². The van der Waals surface area contributed by atoms with E-state index in [4.69, 9.17) is 0 Å². The van der Waals surface area contributed by atoms with Crippen LogP contribution in [-0.4, -0.2) is 19.8 Å². The number of hydrogen-bond donors (Lipinski definition) is 1. The second-order valence-electron chi connectivity index (χ2n) is 4.30. The molecule has 3 nitrogen and oxygen atoms in total. The highest BCUT2D eigenvalue weighted by molar-refractivity contribution is 7.90. The van der Waals surface area contributed by atoms with E-state index in [2.05, 4.69) is 0 Å². The summed E-state index contributed by atoms with van der Waals surface area (Å²) >= 11 is 0. The molecule has 2 aromatic carbocycles. The van der Waals surface area contributed by atoms with Crippen LogP contribution in [0, 0.1) is 6.92 Å². The highest BCUT2D eigenvalue weighted by Crippen LogP contribution is 2.27. The van der Waals surface area contributed by atoms with Crippen molar-refractivity contribution >= 4 is 9.84 Å². The van der Waals surface area contributed by atoms with Crippen molar-refractivity contribution in [3.8, 4) is 16.9 Å². The molecule has 18 heavy (non-hydrogen) atoms. The van der Waals surface area contributed by atoms with Gasteiger partial charge in [0.25, 0.3) is 0 Å². The molecule has 0 heterocycles. The zero-order chi connectivity index (χ0) is 13.3. The maximum absolute atomic E-state index is 11.5. The molecule has 1 N–H and O–H groups in total. The van der Waals surface area contributed by atoms with Gasteiger partial charge >= 0.3 is 0 Å². The summed E-state index contributed by atoms with van der Waals surface area (Å²) in [6.45, 7) is 1.81. The number of rotatable bonds is 2. The van der Waals surface area contributed by atoms with Crippen LogP contribution in [0.5, 0.6) is 5.75 Å². The van der Waals surface area contributed by atoms with Crippen molar-refractivity contribution in [1.82, 2.24) is 0 Å². The highest BCUT2D eigenvalue weighted by atomic mass is 32.2. The highest BCUT2D eigenvalue weighted by Gasteiger charge is 2.08. The molecule has 0 fully saturated rings. The number of aromatic hydroxyl groups is 1. The molecule has 0 saturated heterocycles. The van der Waals surface area contributed by atoms with E-state index < -0.39 is 9.84 Å². The fraction of sp³-hybridized carbons (Fsp3) is 0.143. The molecule has 0 aliphatic rings. The molecule has 0 aliphatic carbocycles. The third-order valence-corrected chi connectivity index (χ3v) is 3.91. The lowest BCUT2D eigenvalue weighted by Crippen LogP contribution is -1.96. The van der Waals surface area contributed by atoms with Crippen molar-refractivity contribution < 1.29 is 13.5 Å². The van der Waals surface area contributed by atoms with Gasteiger partial charge < -0.3 is 5.11 Å². The molecule has 2 rings (SSSR count). The molecule has 0 atom stereocenters. The lowest BCUT2D eigenvalue weighted by atomic mass is 10.0. The molecule has 4 heteroatoms. The summed E-state index contributed by atoms with van der Waals surface area (Å²) in [7, 11) is -3.21. The van der Waals surface area contributed by atoms with E-state index in [1.807, 2.05) is 19.1 Å². The van der Waals surface area contributed by atoms with Crippen LogP contribution in [-0.2, 0) is 9.84 Å². The van der Waals surface area contributed by atoms with Gasteiger partial charge in [-0.3, -0.25) is 0 Å². The molecule has 0 unspecified atom stereocenters. The first-order valence-electron chi connectivity index (χ1n) is 5.48. The maximum Gasteiger partial charge on any atom is 0.175 e. The van der Waals surface area contributed by atoms with Crippen molar-refractivity contribution in [2.45, 2.75) is 11.8 Å². The molecule has 0 aromatic heterocycles. The van der Waals surface area contributed by atoms with Crippen LogP contribution in [0.1, 0.15) is 5.56 Å². The summed E-state index contributed by atoms with van der Waals surface area (Å²) < 4.78 is 23.0. The van der Waals surface area contributed by atoms with Gasteiger partial charge in [-0.2, -0.15) is 0 Å². The number of aryl methyl sites for hydroxylation is 1. The Kier molecular flexibility index (Phi) is 3.13. The minimum Gasteiger partial charge on any atom is -0.508 e. The Labute approximate surface area is 107 Å². The monoisotopic (exact) mass is 262 g/mol. The van der Waals surface area contributed by atoms with E-state index in [1.54, 1.807) is 30.3 Å². The van der Waals surface area contributed by atoms with Gasteiger partial charge in [0.05, 0.1) is 4.90 Å². The van der Waals surface area contributed by atoms with E-state index >= 15 is 0 Å². The van der Waals surface area contributed by atoms with E-state index in [-0.39, 0.29) is 10.6 Å². The van der Waals surface area contributed by atoms with Gasteiger partial charge in [0, 0.05) is 6.26 Å². The Balaban J connectivity index is 2.55. The molecule has 0 aliphatic heterocycles. The Morgan fingerprint density at radius 1 is 1.00 bits per heavy atom. The van der Waals surface area contributed by atoms with E-state index in [9.17, 15) is 13.5 Å². The standard InChI is InChI=1S/C14H14O3S/c1-10-6-7-12(9-14(10)15)11-4-3-5-13(8-11)18(2,16)17/h3-9,15H,1-2H3. The van der Waals surface area contributed by atoms with Gasteiger partial charge in [0.1, 0.15) is 5.75 Å². The van der Waals surface area contributed by atoms with Crippen molar-refractivity contribution in [3.63, 3.8) is 0 Å². The topological polar surface area (TPSA) is 54.4 Å². The summed E-state index contributed by atoms with van der Waals surface area (Å²) in [6, 6.07) is 12.0. The number of hydrogen-bond acceptors (Lipinski definition) is 3. The predicted octanol–water partition coefficient (Wildman–Crippen LogP) is 2.77. The van der Waals surface area contributed by atoms with Gasteiger partial charge in [-0.1, -0.05) is 24.3 Å². The SMILES string of the molecule is Cc1ccc(-c2cccc(S(C)(=O)=O)c2)cc1O. The Hall–Kier alpha value is -1.81. The Morgan fingerprint density at radius 3 is 2.28 bits per heavy atom. The minimum absolute atomic E-state index is 0.206. The first-order chi connectivity index (χ1) is 8.38. The summed E-state index contributed by atoms with van der Waals surface area (Å²) in [5.74, 6) is 0.206. The summed E-state index contributed by atoms with van der Waals surface area (Å²) in [5.41, 5.74) is 2.36. The van der Waals surface area contributed by atoms with Crippen LogP contribution in [0.3, 0.4) is 0 Å². The van der Waals surface area contributed by atoms with Crippen LogP contribution in [0.4, 0.5) is 0 Å². The minimum atomic E-state index is -3.21. The Morgan fingerprint density at radius 2 is 1.67 bits per heavy atom. The Bertz CT molecular complexity index is 688. The second kappa shape index (κ2) is 4.46. The van der Waals surface area contributed by atoms with Crippen molar-refractivity contribution in [2.75, 3.05) is 6.26 Å². The van der Waals surface area contributed by atoms with Gasteiger partial charge in [0.15, 0.2) is 9.84 Å². The lowest BCUT2D eigenvalue weighted by molar-refractivity contribution is 0.471. The molecular formula is C14H14O3S. The van der Waals surface area contributed by atoms with Crippen LogP contribution >= 0.6 is 0 Å². The fourth-order valence-corrected chi connectivity index (χ4v) is 2.36. The van der Waals surface area contributed by atoms with Crippen LogP contribution < -0.4 is 0 Å². The molecule has 2 aromatic rings. The lowest BCUT2D eigenvalue weighted by Gasteiger charge is -2.06. The molecule has 0 bridgehead atoms. The molecule has 0 saturated carbocycles. The van der Waals surface area contributed by atoms with Crippen molar-refractivity contribution in [1.29, 1.82) is 0 Å². The smallest absolute Gasteiger partial charge is 0.175 e. The molecule has 94 valence electrons. The zero-order valence-corrected chi connectivity index (χ0v) is 11.0. The average molecular weight is 262 g/mol. The number of phenolic OH excluding ortho intramolecular Hbond substituents is 1. The summed E-state index contributed by atoms with van der Waals surface area (Å²) in [5, 5.41) is 9.67. The van der Waals surface area contributed by atoms with Gasteiger partial charge in [-0.25, -0.2) is 8.42 Å². The normalized spacial score (nSPS) is 11.4. The first kappa shape index (κ1) is 12.6. The molecule has 0 amide bonds. The molecular weight excluding hydrogens is 248 g/mol. The summed E-state index contributed by atoms with van der Waals surface area (Å²) in [4.78, 5) is 0.278. The van der Waals surface area contributed by atoms with Gasteiger partial charge in [-0.15, -0.1) is 0 Å². The fourth-order valence-electron chi connectivity index (χ4n) is 1.70. The van der Waals surface area contributed by atoms with Gasteiger partial charge in [-0.05, 0) is 41.8 Å². The van der Waals surface area contributed by atoms with Crippen LogP contribution in [0.15, 0.2) is 47.4 Å². The number of sulfone groups is 1. The zero-order valence-electron chi connectivity index (χ0n) is 10.2. The predicted molar refractivity (Wildman–Crippen MR) is 71.4 cm³/mol. The maximum atomic E-state index is 11.5. The van der Waals surface area contributed by atoms with Crippen molar-refractivity contribution in [3.05, 3.63) is 48.0 Å². The van der Waals surface area contributed by atoms with Crippen LogP contribution in [0.2, 0.25) is 0 Å². The van der Waals surface area contributed by atoms with E-state index in [1.165, 1.54) is 6.26 Å². The van der Waals surface area contributed by atoms with E-state index in [0.717, 1.165) is 16.7 Å². The second-order valence-corrected chi connectivity index (χ2v) is 6.32. The summed E-state index contributed by atoms with van der Waals surface area (Å²) in [6.07, 6.45) is 1.18. The number of phenols is 1. The largest absolute Gasteiger partial charge is 0.508 e. The third kappa shape index (κ3) is 2.54. The molecule has 0 spiro atoms. The number of benzene rings is 2.